The molecule has 0 heterocycles. The lowest BCUT2D eigenvalue weighted by atomic mass is 10.0. The summed E-state index contributed by atoms with van der Waals surface area (Å²) in [5.41, 5.74) is 9.39. The first-order valence-electron chi connectivity index (χ1n) is 9.24. The Morgan fingerprint density at radius 3 is 2.50 bits per heavy atom. The van der Waals surface area contributed by atoms with E-state index in [-0.39, 0.29) is 11.4 Å². The molecule has 4 rings (SSSR count). The lowest BCUT2D eigenvalue weighted by Gasteiger charge is -2.10. The van der Waals surface area contributed by atoms with Crippen LogP contribution in [0.5, 0.6) is 0 Å². The predicted octanol–water partition coefficient (Wildman–Crippen LogP) is 4.62. The summed E-state index contributed by atoms with van der Waals surface area (Å²) in [5, 5.41) is 5.34. The second kappa shape index (κ2) is 6.58. The number of nitrogens with one attached hydrogen (secondary N) is 1. The first-order valence-corrected chi connectivity index (χ1v) is 9.24. The van der Waals surface area contributed by atoms with Crippen molar-refractivity contribution in [3.63, 3.8) is 0 Å². The third-order valence-electron chi connectivity index (χ3n) is 5.55. The summed E-state index contributed by atoms with van der Waals surface area (Å²) in [6, 6.07) is 22.5. The zero-order chi connectivity index (χ0) is 18.1. The van der Waals surface area contributed by atoms with E-state index in [2.05, 4.69) is 48.6 Å². The van der Waals surface area contributed by atoms with Crippen LogP contribution < -0.4 is 11.1 Å². The number of fused-ring (bicyclic) bond motifs is 1. The monoisotopic (exact) mass is 344 g/mol. The molecule has 0 radical (unpaired) electrons. The van der Waals surface area contributed by atoms with E-state index in [1.54, 1.807) is 0 Å². The SMILES string of the molecule is CC[C@]1(N)C[C@H]1c1ccc(NC(=O)Cc2ccc3ccccc3c2)cc1. The molecule has 1 saturated carbocycles. The van der Waals surface area contributed by atoms with Gasteiger partial charge in [-0.1, -0.05) is 61.5 Å². The number of hydrogen-bond donors (Lipinski definition) is 2. The highest BCUT2D eigenvalue weighted by atomic mass is 16.1. The molecule has 3 N–H and O–H groups in total. The van der Waals surface area contributed by atoms with Crippen LogP contribution in [-0.2, 0) is 11.2 Å². The summed E-state index contributed by atoms with van der Waals surface area (Å²) in [6.07, 6.45) is 2.43. The van der Waals surface area contributed by atoms with Gasteiger partial charge in [0.05, 0.1) is 6.42 Å². The molecule has 3 aromatic rings. The van der Waals surface area contributed by atoms with Crippen molar-refractivity contribution in [2.45, 2.75) is 37.6 Å². The number of carbonyl (C=O) groups excluding carboxylic acids is 1. The van der Waals surface area contributed by atoms with Crippen LogP contribution in [0.3, 0.4) is 0 Å². The number of amides is 1. The Hall–Kier alpha value is -2.65. The Balaban J connectivity index is 1.40. The molecule has 132 valence electrons. The Bertz CT molecular complexity index is 948. The van der Waals surface area contributed by atoms with Gasteiger partial charge in [0.2, 0.25) is 5.91 Å². The molecule has 3 heteroatoms. The zero-order valence-corrected chi connectivity index (χ0v) is 15.0. The molecule has 0 aliphatic heterocycles. The molecule has 0 unspecified atom stereocenters. The van der Waals surface area contributed by atoms with Crippen molar-refractivity contribution in [1.29, 1.82) is 0 Å². The van der Waals surface area contributed by atoms with Crippen LogP contribution >= 0.6 is 0 Å². The first kappa shape index (κ1) is 16.8. The van der Waals surface area contributed by atoms with Gasteiger partial charge in [0.25, 0.3) is 0 Å². The van der Waals surface area contributed by atoms with Crippen LogP contribution in [0.15, 0.2) is 66.7 Å². The maximum absolute atomic E-state index is 12.4. The number of rotatable bonds is 5. The van der Waals surface area contributed by atoms with Crippen molar-refractivity contribution < 1.29 is 4.79 Å². The van der Waals surface area contributed by atoms with Gasteiger partial charge in [0.15, 0.2) is 0 Å². The van der Waals surface area contributed by atoms with Crippen molar-refractivity contribution in [1.82, 2.24) is 0 Å². The fourth-order valence-corrected chi connectivity index (χ4v) is 3.70. The van der Waals surface area contributed by atoms with Gasteiger partial charge >= 0.3 is 0 Å². The van der Waals surface area contributed by atoms with Crippen LogP contribution in [0.1, 0.15) is 36.8 Å². The molecule has 1 aliphatic rings. The fourth-order valence-electron chi connectivity index (χ4n) is 3.70. The molecule has 0 bridgehead atoms. The first-order chi connectivity index (χ1) is 12.6. The second-order valence-electron chi connectivity index (χ2n) is 7.37. The van der Waals surface area contributed by atoms with Gasteiger partial charge in [-0.2, -0.15) is 0 Å². The molecule has 1 fully saturated rings. The summed E-state index contributed by atoms with van der Waals surface area (Å²) >= 11 is 0. The van der Waals surface area contributed by atoms with Crippen molar-refractivity contribution in [3.05, 3.63) is 77.9 Å². The van der Waals surface area contributed by atoms with Crippen LogP contribution in [-0.4, -0.2) is 11.4 Å². The molecule has 26 heavy (non-hydrogen) atoms. The average Bonchev–Trinajstić information content (AvgIpc) is 3.34. The highest BCUT2D eigenvalue weighted by Crippen LogP contribution is 2.51. The Labute approximate surface area is 154 Å². The molecule has 2 atom stereocenters. The van der Waals surface area contributed by atoms with E-state index < -0.39 is 0 Å². The Morgan fingerprint density at radius 2 is 1.81 bits per heavy atom. The summed E-state index contributed by atoms with van der Waals surface area (Å²) in [7, 11) is 0. The van der Waals surface area contributed by atoms with Crippen molar-refractivity contribution in [3.8, 4) is 0 Å². The molecule has 3 aromatic carbocycles. The largest absolute Gasteiger partial charge is 0.326 e. The van der Waals surface area contributed by atoms with Crippen molar-refractivity contribution >= 4 is 22.4 Å². The standard InChI is InChI=1S/C23H24N2O/c1-2-23(24)15-21(23)18-9-11-20(12-10-18)25-22(26)14-16-7-8-17-5-3-4-6-19(17)13-16/h3-13,21H,2,14-15,24H2,1H3,(H,25,26)/t21-,23-/m0/s1. The van der Waals surface area contributed by atoms with E-state index in [0.29, 0.717) is 12.3 Å². The minimum absolute atomic E-state index is 0.00110. The van der Waals surface area contributed by atoms with Gasteiger partial charge in [-0.05, 0) is 46.9 Å². The minimum Gasteiger partial charge on any atom is -0.326 e. The van der Waals surface area contributed by atoms with E-state index in [1.165, 1.54) is 10.9 Å². The molecule has 1 aliphatic carbocycles. The van der Waals surface area contributed by atoms with Gasteiger partial charge in [-0.25, -0.2) is 0 Å². The highest BCUT2D eigenvalue weighted by Gasteiger charge is 2.49. The van der Waals surface area contributed by atoms with Gasteiger partial charge in [0, 0.05) is 17.1 Å². The second-order valence-corrected chi connectivity index (χ2v) is 7.37. The fraction of sp³-hybridized carbons (Fsp3) is 0.261. The van der Waals surface area contributed by atoms with Crippen molar-refractivity contribution in [2.75, 3.05) is 5.32 Å². The minimum atomic E-state index is -0.0269. The molecule has 0 spiro atoms. The van der Waals surface area contributed by atoms with Crippen LogP contribution in [0, 0.1) is 0 Å². The van der Waals surface area contributed by atoms with Crippen LogP contribution in [0.2, 0.25) is 0 Å². The van der Waals surface area contributed by atoms with Gasteiger partial charge < -0.3 is 11.1 Å². The van der Waals surface area contributed by atoms with E-state index in [0.717, 1.165) is 29.5 Å². The molecule has 1 amide bonds. The van der Waals surface area contributed by atoms with E-state index in [4.69, 9.17) is 5.73 Å². The normalized spacial score (nSPS) is 21.5. The lowest BCUT2D eigenvalue weighted by molar-refractivity contribution is -0.115. The number of benzene rings is 3. The molecular formula is C23H24N2O. The average molecular weight is 344 g/mol. The molecule has 3 nitrogen and oxygen atoms in total. The molecular weight excluding hydrogens is 320 g/mol. The molecule has 0 saturated heterocycles. The highest BCUT2D eigenvalue weighted by molar-refractivity contribution is 5.93. The maximum Gasteiger partial charge on any atom is 0.228 e. The Morgan fingerprint density at radius 1 is 1.08 bits per heavy atom. The van der Waals surface area contributed by atoms with E-state index in [1.807, 2.05) is 30.3 Å². The lowest BCUT2D eigenvalue weighted by Crippen LogP contribution is -2.22. The zero-order valence-electron chi connectivity index (χ0n) is 15.0. The van der Waals surface area contributed by atoms with Crippen LogP contribution in [0.4, 0.5) is 5.69 Å². The summed E-state index contributed by atoms with van der Waals surface area (Å²) in [6.45, 7) is 2.14. The van der Waals surface area contributed by atoms with Crippen molar-refractivity contribution in [2.24, 2.45) is 5.73 Å². The smallest absolute Gasteiger partial charge is 0.228 e. The number of anilines is 1. The third-order valence-corrected chi connectivity index (χ3v) is 5.55. The predicted molar refractivity (Wildman–Crippen MR) is 107 cm³/mol. The van der Waals surface area contributed by atoms with Gasteiger partial charge in [-0.15, -0.1) is 0 Å². The maximum atomic E-state index is 12.4. The summed E-state index contributed by atoms with van der Waals surface area (Å²) in [5.74, 6) is 0.455. The number of hydrogen-bond acceptors (Lipinski definition) is 2. The Kier molecular flexibility index (Phi) is 4.25. The van der Waals surface area contributed by atoms with Gasteiger partial charge in [0.1, 0.15) is 0 Å². The number of nitrogens with two attached hydrogens (primary N) is 1. The molecule has 0 aromatic heterocycles. The topological polar surface area (TPSA) is 55.1 Å². The summed E-state index contributed by atoms with van der Waals surface area (Å²) in [4.78, 5) is 12.4. The quantitative estimate of drug-likeness (QED) is 0.710. The van der Waals surface area contributed by atoms with E-state index in [9.17, 15) is 4.79 Å². The summed E-state index contributed by atoms with van der Waals surface area (Å²) < 4.78 is 0. The van der Waals surface area contributed by atoms with E-state index >= 15 is 0 Å². The third kappa shape index (κ3) is 3.35. The van der Waals surface area contributed by atoms with Gasteiger partial charge in [-0.3, -0.25) is 4.79 Å². The number of carbonyl (C=O) groups is 1. The van der Waals surface area contributed by atoms with Crippen LogP contribution in [0.25, 0.3) is 10.8 Å².